The third kappa shape index (κ3) is 4.16. The number of benzene rings is 2. The van der Waals surface area contributed by atoms with E-state index in [0.29, 0.717) is 5.92 Å². The molecule has 27 heavy (non-hydrogen) atoms. The van der Waals surface area contributed by atoms with Gasteiger partial charge in [0.1, 0.15) is 5.75 Å². The molecule has 3 rings (SSSR count). The van der Waals surface area contributed by atoms with E-state index in [-0.39, 0.29) is 6.04 Å². The summed E-state index contributed by atoms with van der Waals surface area (Å²) >= 11 is 0. The fraction of sp³-hybridized carbons (Fsp3) is 0.435. The third-order valence-corrected chi connectivity index (χ3v) is 5.70. The molecule has 2 N–H and O–H groups in total. The summed E-state index contributed by atoms with van der Waals surface area (Å²) in [6.07, 6.45) is 3.10. The molecule has 0 aromatic heterocycles. The van der Waals surface area contributed by atoms with E-state index in [4.69, 9.17) is 10.6 Å². The first-order valence-corrected chi connectivity index (χ1v) is 9.61. The zero-order valence-electron chi connectivity index (χ0n) is 16.5. The van der Waals surface area contributed by atoms with Gasteiger partial charge in [-0.2, -0.15) is 5.26 Å². The lowest BCUT2D eigenvalue weighted by atomic mass is 9.79. The number of nitriles is 1. The van der Waals surface area contributed by atoms with Crippen molar-refractivity contribution < 1.29 is 4.74 Å². The highest BCUT2D eigenvalue weighted by atomic mass is 16.5. The summed E-state index contributed by atoms with van der Waals surface area (Å²) in [6, 6.07) is 19.2. The Balaban J connectivity index is 1.94. The Morgan fingerprint density at radius 2 is 1.96 bits per heavy atom. The fourth-order valence-electron chi connectivity index (χ4n) is 4.11. The highest BCUT2D eigenvalue weighted by molar-refractivity contribution is 5.42. The van der Waals surface area contributed by atoms with Crippen LogP contribution in [0.15, 0.2) is 48.5 Å². The molecule has 0 radical (unpaired) electrons. The van der Waals surface area contributed by atoms with E-state index < -0.39 is 5.41 Å². The van der Waals surface area contributed by atoms with Crippen molar-refractivity contribution in [2.45, 2.75) is 44.6 Å². The minimum absolute atomic E-state index is 0.192. The lowest BCUT2D eigenvalue weighted by molar-refractivity contribution is 0.0923. The Morgan fingerprint density at radius 3 is 2.63 bits per heavy atom. The summed E-state index contributed by atoms with van der Waals surface area (Å²) in [4.78, 5) is 0. The Labute approximate surface area is 162 Å². The molecule has 1 fully saturated rings. The van der Waals surface area contributed by atoms with E-state index in [1.54, 1.807) is 7.11 Å². The maximum absolute atomic E-state index is 9.51. The number of hydrogen-bond donors (Lipinski definition) is 1. The Kier molecular flexibility index (Phi) is 5.84. The first kappa shape index (κ1) is 19.4. The van der Waals surface area contributed by atoms with Crippen LogP contribution in [0.25, 0.3) is 0 Å². The predicted molar refractivity (Wildman–Crippen MR) is 108 cm³/mol. The molecule has 0 aliphatic carbocycles. The van der Waals surface area contributed by atoms with Gasteiger partial charge < -0.3 is 4.74 Å². The second-order valence-electron chi connectivity index (χ2n) is 7.96. The SMILES string of the molecule is COc1ccc(C(C)(C)C#N)cc1C[C@@H]1CCCN(N)[C@@H]1c1ccccc1. The average molecular weight is 364 g/mol. The summed E-state index contributed by atoms with van der Waals surface area (Å²) in [7, 11) is 1.71. The molecule has 2 aromatic rings. The van der Waals surface area contributed by atoms with Crippen molar-refractivity contribution in [1.29, 1.82) is 5.26 Å². The van der Waals surface area contributed by atoms with Crippen LogP contribution < -0.4 is 10.6 Å². The van der Waals surface area contributed by atoms with Crippen LogP contribution in [0.5, 0.6) is 5.75 Å². The topological polar surface area (TPSA) is 62.3 Å². The maximum Gasteiger partial charge on any atom is 0.122 e. The summed E-state index contributed by atoms with van der Waals surface area (Å²) in [5.74, 6) is 7.69. The Morgan fingerprint density at radius 1 is 1.22 bits per heavy atom. The van der Waals surface area contributed by atoms with Crippen LogP contribution in [0.3, 0.4) is 0 Å². The van der Waals surface area contributed by atoms with E-state index in [1.165, 1.54) is 5.56 Å². The van der Waals surface area contributed by atoms with E-state index in [9.17, 15) is 5.26 Å². The third-order valence-electron chi connectivity index (χ3n) is 5.70. The van der Waals surface area contributed by atoms with Gasteiger partial charge >= 0.3 is 0 Å². The summed E-state index contributed by atoms with van der Waals surface area (Å²) in [5.41, 5.74) is 2.92. The van der Waals surface area contributed by atoms with Gasteiger partial charge in [0.2, 0.25) is 0 Å². The first-order chi connectivity index (χ1) is 13.0. The molecule has 1 heterocycles. The Bertz CT molecular complexity index is 810. The smallest absolute Gasteiger partial charge is 0.122 e. The van der Waals surface area contributed by atoms with Crippen molar-refractivity contribution in [3.63, 3.8) is 0 Å². The largest absolute Gasteiger partial charge is 0.496 e. The molecule has 1 saturated heterocycles. The second-order valence-corrected chi connectivity index (χ2v) is 7.96. The summed E-state index contributed by atoms with van der Waals surface area (Å²) < 4.78 is 5.63. The predicted octanol–water partition coefficient (Wildman–Crippen LogP) is 4.37. The molecular weight excluding hydrogens is 334 g/mol. The van der Waals surface area contributed by atoms with Crippen molar-refractivity contribution in [3.8, 4) is 11.8 Å². The number of methoxy groups -OCH3 is 1. The standard InChI is InChI=1S/C23H29N3O/c1-23(2,16-24)20-11-12-21(27-3)19(15-20)14-18-10-7-13-26(25)22(18)17-8-5-4-6-9-17/h4-6,8-9,11-12,15,18,22H,7,10,13-14,25H2,1-3H3/t18-,22+/m0/s1. The Hall–Kier alpha value is -2.35. The van der Waals surface area contributed by atoms with E-state index in [1.807, 2.05) is 37.1 Å². The van der Waals surface area contributed by atoms with Crippen LogP contribution >= 0.6 is 0 Å². The highest BCUT2D eigenvalue weighted by Crippen LogP contribution is 2.38. The fourth-order valence-corrected chi connectivity index (χ4v) is 4.11. The van der Waals surface area contributed by atoms with Crippen LogP contribution in [0.4, 0.5) is 0 Å². The van der Waals surface area contributed by atoms with Crippen LogP contribution in [0.1, 0.15) is 49.4 Å². The zero-order chi connectivity index (χ0) is 19.4. The molecule has 0 saturated carbocycles. The average Bonchev–Trinajstić information content (AvgIpc) is 2.68. The van der Waals surface area contributed by atoms with Crippen molar-refractivity contribution in [2.75, 3.05) is 13.7 Å². The van der Waals surface area contributed by atoms with Crippen molar-refractivity contribution in [3.05, 3.63) is 65.2 Å². The second kappa shape index (κ2) is 8.12. The minimum Gasteiger partial charge on any atom is -0.496 e. The maximum atomic E-state index is 9.51. The van der Waals surface area contributed by atoms with Gasteiger partial charge in [0.25, 0.3) is 0 Å². The number of nitrogens with two attached hydrogens (primary N) is 1. The van der Waals surface area contributed by atoms with Gasteiger partial charge in [-0.25, -0.2) is 5.01 Å². The van der Waals surface area contributed by atoms with E-state index >= 15 is 0 Å². The molecule has 4 heteroatoms. The molecular formula is C23H29N3O. The lowest BCUT2D eigenvalue weighted by Gasteiger charge is -2.39. The molecule has 0 unspecified atom stereocenters. The molecule has 0 spiro atoms. The first-order valence-electron chi connectivity index (χ1n) is 9.61. The molecule has 1 aliphatic heterocycles. The van der Waals surface area contributed by atoms with E-state index in [0.717, 1.165) is 42.7 Å². The molecule has 1 aliphatic rings. The normalized spacial score (nSPS) is 20.9. The molecule has 0 amide bonds. The summed E-state index contributed by atoms with van der Waals surface area (Å²) in [5, 5.41) is 11.5. The van der Waals surface area contributed by atoms with Crippen LogP contribution in [0.2, 0.25) is 0 Å². The lowest BCUT2D eigenvalue weighted by Crippen LogP contribution is -2.44. The van der Waals surface area contributed by atoms with Gasteiger partial charge in [-0.3, -0.25) is 5.84 Å². The van der Waals surface area contributed by atoms with Gasteiger partial charge in [0.05, 0.1) is 24.6 Å². The monoisotopic (exact) mass is 363 g/mol. The summed E-state index contributed by atoms with van der Waals surface area (Å²) in [6.45, 7) is 4.82. The van der Waals surface area contributed by atoms with Crippen LogP contribution in [0, 0.1) is 17.2 Å². The molecule has 2 aromatic carbocycles. The van der Waals surface area contributed by atoms with Crippen molar-refractivity contribution in [2.24, 2.45) is 11.8 Å². The molecule has 142 valence electrons. The van der Waals surface area contributed by atoms with E-state index in [2.05, 4.69) is 36.4 Å². The van der Waals surface area contributed by atoms with Gasteiger partial charge in [-0.15, -0.1) is 0 Å². The number of piperidine rings is 1. The van der Waals surface area contributed by atoms with Gasteiger partial charge in [-0.05, 0) is 61.8 Å². The van der Waals surface area contributed by atoms with Crippen LogP contribution in [-0.4, -0.2) is 18.7 Å². The molecule has 2 atom stereocenters. The van der Waals surface area contributed by atoms with Crippen molar-refractivity contribution >= 4 is 0 Å². The quantitative estimate of drug-likeness (QED) is 0.802. The number of hydrazine groups is 1. The van der Waals surface area contributed by atoms with Crippen molar-refractivity contribution in [1.82, 2.24) is 5.01 Å². The number of ether oxygens (including phenoxy) is 1. The highest BCUT2D eigenvalue weighted by Gasteiger charge is 2.32. The minimum atomic E-state index is -0.522. The van der Waals surface area contributed by atoms with Gasteiger partial charge in [0, 0.05) is 6.54 Å². The van der Waals surface area contributed by atoms with Gasteiger partial charge in [-0.1, -0.05) is 42.5 Å². The number of hydrogen-bond acceptors (Lipinski definition) is 4. The number of nitrogens with zero attached hydrogens (tertiary/aromatic N) is 2. The number of rotatable bonds is 5. The van der Waals surface area contributed by atoms with Gasteiger partial charge in [0.15, 0.2) is 0 Å². The molecule has 0 bridgehead atoms. The zero-order valence-corrected chi connectivity index (χ0v) is 16.5. The molecule has 4 nitrogen and oxygen atoms in total. The van der Waals surface area contributed by atoms with Crippen LogP contribution in [-0.2, 0) is 11.8 Å².